The van der Waals surface area contributed by atoms with Crippen molar-refractivity contribution in [1.29, 1.82) is 0 Å². The number of rotatable bonds is 0. The molecule has 74 valence electrons. The van der Waals surface area contributed by atoms with Crippen LogP contribution >= 0.6 is 15.9 Å². The van der Waals surface area contributed by atoms with Crippen LogP contribution in [0.25, 0.3) is 10.8 Å². The van der Waals surface area contributed by atoms with Crippen molar-refractivity contribution in [1.82, 2.24) is 0 Å². The molecular weight excluding hydrogens is 252 g/mol. The van der Waals surface area contributed by atoms with Crippen LogP contribution in [0.3, 0.4) is 0 Å². The summed E-state index contributed by atoms with van der Waals surface area (Å²) in [5.74, 6) is 0.218. The Morgan fingerprint density at radius 2 is 1.93 bits per heavy atom. The Morgan fingerprint density at radius 3 is 2.80 bits per heavy atom. The first-order valence-corrected chi connectivity index (χ1v) is 5.88. The highest BCUT2D eigenvalue weighted by Gasteiger charge is 2.29. The van der Waals surface area contributed by atoms with Crippen LogP contribution in [-0.2, 0) is 6.42 Å². The lowest BCUT2D eigenvalue weighted by molar-refractivity contribution is 0.100. The van der Waals surface area contributed by atoms with E-state index >= 15 is 0 Å². The largest absolute Gasteiger partial charge is 0.293 e. The summed E-state index contributed by atoms with van der Waals surface area (Å²) < 4.78 is 0. The molecule has 0 heterocycles. The molecule has 1 atom stereocenters. The molecule has 0 N–H and O–H groups in total. The Hall–Kier alpha value is -1.15. The third-order valence-electron chi connectivity index (χ3n) is 2.97. The second kappa shape index (κ2) is 3.17. The standard InChI is InChI=1S/C13H9BrO/c14-12-7-11-9-4-2-1-3-8(9)5-6-10(11)13(12)15/h1-6,12H,7H2. The lowest BCUT2D eigenvalue weighted by Crippen LogP contribution is -2.05. The van der Waals surface area contributed by atoms with Gasteiger partial charge in [-0.2, -0.15) is 0 Å². The molecule has 1 nitrogen and oxygen atoms in total. The molecule has 2 aromatic carbocycles. The molecule has 1 aliphatic rings. The van der Waals surface area contributed by atoms with E-state index in [9.17, 15) is 4.79 Å². The fraction of sp³-hybridized carbons (Fsp3) is 0.154. The van der Waals surface area contributed by atoms with Crippen LogP contribution in [0.15, 0.2) is 36.4 Å². The molecule has 15 heavy (non-hydrogen) atoms. The number of carbonyl (C=O) groups excluding carboxylic acids is 1. The van der Waals surface area contributed by atoms with Crippen LogP contribution in [0, 0.1) is 0 Å². The molecule has 1 aliphatic carbocycles. The molecule has 1 unspecified atom stereocenters. The second-order valence-electron chi connectivity index (χ2n) is 3.85. The van der Waals surface area contributed by atoms with Crippen molar-refractivity contribution in [3.05, 3.63) is 47.5 Å². The predicted octanol–water partition coefficient (Wildman–Crippen LogP) is 3.34. The van der Waals surface area contributed by atoms with E-state index in [4.69, 9.17) is 0 Å². The van der Waals surface area contributed by atoms with Gasteiger partial charge in [0.2, 0.25) is 0 Å². The average molecular weight is 261 g/mol. The lowest BCUT2D eigenvalue weighted by Gasteiger charge is -2.03. The number of benzene rings is 2. The van der Waals surface area contributed by atoms with Crippen molar-refractivity contribution >= 4 is 32.5 Å². The van der Waals surface area contributed by atoms with Gasteiger partial charge >= 0.3 is 0 Å². The molecule has 0 bridgehead atoms. The van der Waals surface area contributed by atoms with Gasteiger partial charge in [0.1, 0.15) is 0 Å². The molecule has 0 aromatic heterocycles. The fourth-order valence-corrected chi connectivity index (χ4v) is 2.80. The third-order valence-corrected chi connectivity index (χ3v) is 3.71. The van der Waals surface area contributed by atoms with Crippen LogP contribution < -0.4 is 0 Å². The van der Waals surface area contributed by atoms with Crippen molar-refractivity contribution in [2.75, 3.05) is 0 Å². The number of hydrogen-bond acceptors (Lipinski definition) is 1. The summed E-state index contributed by atoms with van der Waals surface area (Å²) in [5, 5.41) is 2.43. The number of carbonyl (C=O) groups is 1. The van der Waals surface area contributed by atoms with E-state index in [-0.39, 0.29) is 10.6 Å². The van der Waals surface area contributed by atoms with Crippen molar-refractivity contribution in [3.8, 4) is 0 Å². The molecular formula is C13H9BrO. The zero-order valence-electron chi connectivity index (χ0n) is 8.03. The maximum atomic E-state index is 11.8. The first-order chi connectivity index (χ1) is 7.27. The summed E-state index contributed by atoms with van der Waals surface area (Å²) in [4.78, 5) is 11.8. The van der Waals surface area contributed by atoms with E-state index < -0.39 is 0 Å². The first-order valence-electron chi connectivity index (χ1n) is 4.96. The van der Waals surface area contributed by atoms with E-state index in [1.165, 1.54) is 16.3 Å². The molecule has 0 aliphatic heterocycles. The van der Waals surface area contributed by atoms with E-state index in [0.29, 0.717) is 0 Å². The predicted molar refractivity (Wildman–Crippen MR) is 64.7 cm³/mol. The van der Waals surface area contributed by atoms with Crippen LogP contribution in [-0.4, -0.2) is 10.6 Å². The van der Waals surface area contributed by atoms with Crippen molar-refractivity contribution in [3.63, 3.8) is 0 Å². The number of Topliss-reactive ketones (excluding diaryl/α,β-unsaturated/α-hetero) is 1. The summed E-state index contributed by atoms with van der Waals surface area (Å²) in [6.45, 7) is 0. The number of halogens is 1. The fourth-order valence-electron chi connectivity index (χ4n) is 2.23. The number of fused-ring (bicyclic) bond motifs is 3. The summed E-state index contributed by atoms with van der Waals surface area (Å²) >= 11 is 3.42. The molecule has 0 saturated heterocycles. The smallest absolute Gasteiger partial charge is 0.177 e. The molecule has 0 spiro atoms. The minimum Gasteiger partial charge on any atom is -0.293 e. The quantitative estimate of drug-likeness (QED) is 0.665. The van der Waals surface area contributed by atoms with Gasteiger partial charge in [-0.1, -0.05) is 52.3 Å². The Labute approximate surface area is 96.2 Å². The zero-order valence-corrected chi connectivity index (χ0v) is 9.62. The van der Waals surface area contributed by atoms with E-state index in [0.717, 1.165) is 12.0 Å². The summed E-state index contributed by atoms with van der Waals surface area (Å²) in [5.41, 5.74) is 2.08. The number of hydrogen-bond donors (Lipinski definition) is 0. The van der Waals surface area contributed by atoms with Gasteiger partial charge in [-0.15, -0.1) is 0 Å². The molecule has 0 radical (unpaired) electrons. The summed E-state index contributed by atoms with van der Waals surface area (Å²) in [6, 6.07) is 12.2. The third kappa shape index (κ3) is 1.25. The topological polar surface area (TPSA) is 17.1 Å². The number of alkyl halides is 1. The molecule has 3 rings (SSSR count). The molecule has 0 amide bonds. The lowest BCUT2D eigenvalue weighted by atomic mass is 10.0. The number of ketones is 1. The normalized spacial score (nSPS) is 19.5. The second-order valence-corrected chi connectivity index (χ2v) is 4.95. The van der Waals surface area contributed by atoms with E-state index in [2.05, 4.69) is 28.1 Å². The highest BCUT2D eigenvalue weighted by atomic mass is 79.9. The highest BCUT2D eigenvalue weighted by molar-refractivity contribution is 9.10. The Bertz CT molecular complexity index is 559. The van der Waals surface area contributed by atoms with Crippen LogP contribution in [0.1, 0.15) is 15.9 Å². The van der Waals surface area contributed by atoms with Crippen molar-refractivity contribution in [2.24, 2.45) is 0 Å². The zero-order chi connectivity index (χ0) is 10.4. The SMILES string of the molecule is O=C1c2ccc3ccccc3c2CC1Br. The monoisotopic (exact) mass is 260 g/mol. The maximum Gasteiger partial charge on any atom is 0.177 e. The van der Waals surface area contributed by atoms with Gasteiger partial charge in [-0.25, -0.2) is 0 Å². The van der Waals surface area contributed by atoms with Gasteiger partial charge in [0.15, 0.2) is 5.78 Å². The summed E-state index contributed by atoms with van der Waals surface area (Å²) in [7, 11) is 0. The van der Waals surface area contributed by atoms with E-state index in [1.54, 1.807) is 0 Å². The average Bonchev–Trinajstić information content (AvgIpc) is 2.56. The minimum atomic E-state index is -0.0293. The molecule has 2 aromatic rings. The van der Waals surface area contributed by atoms with Crippen LogP contribution in [0.2, 0.25) is 0 Å². The van der Waals surface area contributed by atoms with Gasteiger partial charge < -0.3 is 0 Å². The highest BCUT2D eigenvalue weighted by Crippen LogP contribution is 2.32. The van der Waals surface area contributed by atoms with E-state index in [1.807, 2.05) is 24.3 Å². The van der Waals surface area contributed by atoms with Crippen molar-refractivity contribution < 1.29 is 4.79 Å². The van der Waals surface area contributed by atoms with Crippen molar-refractivity contribution in [2.45, 2.75) is 11.2 Å². The Kier molecular flexibility index (Phi) is 1.93. The van der Waals surface area contributed by atoms with Gasteiger partial charge in [-0.3, -0.25) is 4.79 Å². The Balaban J connectivity index is 2.38. The minimum absolute atomic E-state index is 0.0293. The van der Waals surface area contributed by atoms with Gasteiger partial charge in [-0.05, 0) is 22.8 Å². The van der Waals surface area contributed by atoms with Crippen LogP contribution in [0.4, 0.5) is 0 Å². The molecule has 0 fully saturated rings. The molecule has 0 saturated carbocycles. The molecule has 2 heteroatoms. The summed E-state index contributed by atoms with van der Waals surface area (Å²) in [6.07, 6.45) is 0.815. The van der Waals surface area contributed by atoms with Crippen LogP contribution in [0.5, 0.6) is 0 Å². The maximum absolute atomic E-state index is 11.8. The van der Waals surface area contributed by atoms with Gasteiger partial charge in [0.05, 0.1) is 4.83 Å². The van der Waals surface area contributed by atoms with Gasteiger partial charge in [0, 0.05) is 5.56 Å². The Morgan fingerprint density at radius 1 is 1.13 bits per heavy atom. The van der Waals surface area contributed by atoms with Gasteiger partial charge in [0.25, 0.3) is 0 Å². The first kappa shape index (κ1) is 9.10.